The molecule has 0 N–H and O–H groups in total. The van der Waals surface area contributed by atoms with Crippen LogP contribution in [0.2, 0.25) is 0 Å². The van der Waals surface area contributed by atoms with Gasteiger partial charge in [0.2, 0.25) is 0 Å². The van der Waals surface area contributed by atoms with Crippen molar-refractivity contribution >= 4 is 10.8 Å². The predicted molar refractivity (Wildman–Crippen MR) is 96.7 cm³/mol. The van der Waals surface area contributed by atoms with Gasteiger partial charge in [-0.25, -0.2) is 0 Å². The van der Waals surface area contributed by atoms with Crippen molar-refractivity contribution in [2.75, 3.05) is 0 Å². The van der Waals surface area contributed by atoms with Gasteiger partial charge >= 0.3 is 0 Å². The predicted octanol–water partition coefficient (Wildman–Crippen LogP) is 5.61. The maximum atomic E-state index is 9.79. The first-order chi connectivity index (χ1) is 11.1. The van der Waals surface area contributed by atoms with E-state index in [1.165, 1.54) is 33.0 Å². The van der Waals surface area contributed by atoms with Crippen LogP contribution in [0.3, 0.4) is 0 Å². The number of benzene rings is 3. The molecule has 0 radical (unpaired) electrons. The summed E-state index contributed by atoms with van der Waals surface area (Å²) < 4.78 is 0. The Labute approximate surface area is 138 Å². The second-order valence-electron chi connectivity index (χ2n) is 6.33. The Bertz CT molecular complexity index is 871. The van der Waals surface area contributed by atoms with Crippen molar-refractivity contribution in [1.82, 2.24) is 0 Å². The molecule has 0 heterocycles. The van der Waals surface area contributed by atoms with Crippen LogP contribution >= 0.6 is 0 Å². The lowest BCUT2D eigenvalue weighted by atomic mass is 9.86. The van der Waals surface area contributed by atoms with E-state index in [0.717, 1.165) is 12.0 Å². The zero-order valence-electron chi connectivity index (χ0n) is 13.9. The van der Waals surface area contributed by atoms with E-state index < -0.39 is 0 Å². The lowest BCUT2D eigenvalue weighted by molar-refractivity contribution is 0.843. The SMILES string of the molecule is Cc1cc(C)c(CC(C#N)c2cccc3ccccc23)c(C)c1. The Morgan fingerprint density at radius 3 is 2.26 bits per heavy atom. The molecule has 114 valence electrons. The number of hydrogen-bond donors (Lipinski definition) is 0. The number of nitrogens with zero attached hydrogens (tertiary/aromatic N) is 1. The first-order valence-corrected chi connectivity index (χ1v) is 8.04. The molecule has 1 nitrogen and oxygen atoms in total. The largest absolute Gasteiger partial charge is 0.198 e. The van der Waals surface area contributed by atoms with Crippen LogP contribution in [0.4, 0.5) is 0 Å². The average molecular weight is 299 g/mol. The number of nitriles is 1. The summed E-state index contributed by atoms with van der Waals surface area (Å²) in [5.41, 5.74) is 6.27. The second-order valence-corrected chi connectivity index (χ2v) is 6.33. The van der Waals surface area contributed by atoms with Gasteiger partial charge in [-0.3, -0.25) is 0 Å². The third-order valence-electron chi connectivity index (χ3n) is 4.60. The first kappa shape index (κ1) is 15.3. The standard InChI is InChI=1S/C22H21N/c1-15-11-16(2)22(17(3)12-15)13-19(14-23)21-10-6-8-18-7-4-5-9-20(18)21/h4-12,19H,13H2,1-3H3. The van der Waals surface area contributed by atoms with Crippen LogP contribution in [-0.4, -0.2) is 0 Å². The monoisotopic (exact) mass is 299 g/mol. The molecule has 3 aromatic carbocycles. The van der Waals surface area contributed by atoms with Gasteiger partial charge in [0.1, 0.15) is 0 Å². The summed E-state index contributed by atoms with van der Waals surface area (Å²) in [6, 6.07) is 21.5. The average Bonchev–Trinajstić information content (AvgIpc) is 2.54. The highest BCUT2D eigenvalue weighted by molar-refractivity contribution is 5.86. The molecule has 0 spiro atoms. The second kappa shape index (κ2) is 6.26. The van der Waals surface area contributed by atoms with Gasteiger partial charge in [-0.2, -0.15) is 5.26 Å². The van der Waals surface area contributed by atoms with Crippen LogP contribution in [-0.2, 0) is 6.42 Å². The van der Waals surface area contributed by atoms with E-state index in [-0.39, 0.29) is 5.92 Å². The first-order valence-electron chi connectivity index (χ1n) is 8.04. The molecule has 0 aromatic heterocycles. The van der Waals surface area contributed by atoms with Crippen molar-refractivity contribution in [1.29, 1.82) is 5.26 Å². The van der Waals surface area contributed by atoms with Gasteiger partial charge < -0.3 is 0 Å². The van der Waals surface area contributed by atoms with E-state index in [1.807, 2.05) is 12.1 Å². The summed E-state index contributed by atoms with van der Waals surface area (Å²) in [4.78, 5) is 0. The summed E-state index contributed by atoms with van der Waals surface area (Å²) >= 11 is 0. The van der Waals surface area contributed by atoms with Crippen molar-refractivity contribution in [2.24, 2.45) is 0 Å². The lowest BCUT2D eigenvalue weighted by Gasteiger charge is -2.17. The fourth-order valence-electron chi connectivity index (χ4n) is 3.52. The molecule has 1 atom stereocenters. The molecule has 1 unspecified atom stereocenters. The van der Waals surface area contributed by atoms with Crippen LogP contribution in [0, 0.1) is 32.1 Å². The number of fused-ring (bicyclic) bond motifs is 1. The van der Waals surface area contributed by atoms with Gasteiger partial charge in [-0.1, -0.05) is 60.2 Å². The van der Waals surface area contributed by atoms with Gasteiger partial charge in [0.05, 0.1) is 12.0 Å². The molecule has 0 aliphatic rings. The summed E-state index contributed by atoms with van der Waals surface area (Å²) in [6.07, 6.45) is 0.766. The van der Waals surface area contributed by atoms with Crippen molar-refractivity contribution in [3.05, 3.63) is 82.4 Å². The van der Waals surface area contributed by atoms with Crippen molar-refractivity contribution in [2.45, 2.75) is 33.1 Å². The minimum absolute atomic E-state index is 0.124. The quantitative estimate of drug-likeness (QED) is 0.616. The van der Waals surface area contributed by atoms with Crippen molar-refractivity contribution in [3.8, 4) is 6.07 Å². The molecule has 0 bridgehead atoms. The van der Waals surface area contributed by atoms with E-state index in [1.54, 1.807) is 0 Å². The van der Waals surface area contributed by atoms with Gasteiger partial charge in [0.15, 0.2) is 0 Å². The highest BCUT2D eigenvalue weighted by atomic mass is 14.3. The molecule has 3 rings (SSSR count). The molecule has 0 aliphatic carbocycles. The van der Waals surface area contributed by atoms with Crippen molar-refractivity contribution in [3.63, 3.8) is 0 Å². The maximum Gasteiger partial charge on any atom is 0.0759 e. The minimum Gasteiger partial charge on any atom is -0.198 e. The van der Waals surface area contributed by atoms with E-state index in [9.17, 15) is 5.26 Å². The Balaban J connectivity index is 2.06. The number of aryl methyl sites for hydroxylation is 3. The Morgan fingerprint density at radius 1 is 0.913 bits per heavy atom. The third-order valence-corrected chi connectivity index (χ3v) is 4.60. The molecular formula is C22H21N. The summed E-state index contributed by atoms with van der Waals surface area (Å²) in [6.45, 7) is 6.41. The normalized spacial score (nSPS) is 12.1. The fraction of sp³-hybridized carbons (Fsp3) is 0.227. The molecule has 0 amide bonds. The third kappa shape index (κ3) is 2.98. The van der Waals surface area contributed by atoms with Crippen LogP contribution in [0.15, 0.2) is 54.6 Å². The highest BCUT2D eigenvalue weighted by Gasteiger charge is 2.17. The van der Waals surface area contributed by atoms with Crippen LogP contribution < -0.4 is 0 Å². The molecule has 3 aromatic rings. The summed E-state index contributed by atoms with van der Waals surface area (Å²) in [5, 5.41) is 12.2. The van der Waals surface area contributed by atoms with Gasteiger partial charge in [-0.15, -0.1) is 0 Å². The van der Waals surface area contributed by atoms with E-state index >= 15 is 0 Å². The maximum absolute atomic E-state index is 9.79. The molecule has 0 saturated heterocycles. The van der Waals surface area contributed by atoms with Crippen molar-refractivity contribution < 1.29 is 0 Å². The Morgan fingerprint density at radius 2 is 1.57 bits per heavy atom. The van der Waals surface area contributed by atoms with E-state index in [0.29, 0.717) is 0 Å². The topological polar surface area (TPSA) is 23.8 Å². The molecule has 23 heavy (non-hydrogen) atoms. The van der Waals surface area contributed by atoms with Gasteiger partial charge in [0, 0.05) is 0 Å². The Kier molecular flexibility index (Phi) is 4.17. The highest BCUT2D eigenvalue weighted by Crippen LogP contribution is 2.30. The van der Waals surface area contributed by atoms with E-state index in [2.05, 4.69) is 69.3 Å². The van der Waals surface area contributed by atoms with Crippen LogP contribution in [0.1, 0.15) is 33.7 Å². The summed E-state index contributed by atoms with van der Waals surface area (Å²) in [5.74, 6) is -0.124. The zero-order chi connectivity index (χ0) is 16.4. The summed E-state index contributed by atoms with van der Waals surface area (Å²) in [7, 11) is 0. The molecule has 1 heteroatoms. The fourth-order valence-corrected chi connectivity index (χ4v) is 3.52. The minimum atomic E-state index is -0.124. The van der Waals surface area contributed by atoms with Gasteiger partial charge in [-0.05, 0) is 60.2 Å². The smallest absolute Gasteiger partial charge is 0.0759 e. The Hall–Kier alpha value is -2.59. The number of hydrogen-bond acceptors (Lipinski definition) is 1. The molecular weight excluding hydrogens is 278 g/mol. The zero-order valence-corrected chi connectivity index (χ0v) is 13.9. The number of rotatable bonds is 3. The molecule has 0 saturated carbocycles. The lowest BCUT2D eigenvalue weighted by Crippen LogP contribution is -2.05. The van der Waals surface area contributed by atoms with Crippen LogP contribution in [0.5, 0.6) is 0 Å². The van der Waals surface area contributed by atoms with E-state index in [4.69, 9.17) is 0 Å². The van der Waals surface area contributed by atoms with Crippen LogP contribution in [0.25, 0.3) is 10.8 Å². The molecule has 0 aliphatic heterocycles. The van der Waals surface area contributed by atoms with Gasteiger partial charge in [0.25, 0.3) is 0 Å². The molecule has 0 fully saturated rings.